The van der Waals surface area contributed by atoms with Crippen LogP contribution < -0.4 is 5.73 Å². The Morgan fingerprint density at radius 3 is 2.86 bits per heavy atom. The summed E-state index contributed by atoms with van der Waals surface area (Å²) in [6, 6.07) is 7.96. The first-order valence-corrected chi connectivity index (χ1v) is 7.51. The van der Waals surface area contributed by atoms with Gasteiger partial charge in [-0.2, -0.15) is 10.2 Å². The van der Waals surface area contributed by atoms with Gasteiger partial charge in [0, 0.05) is 23.7 Å². The number of aryl methyl sites for hydroxylation is 1. The van der Waals surface area contributed by atoms with E-state index in [2.05, 4.69) is 21.3 Å². The van der Waals surface area contributed by atoms with E-state index in [1.165, 1.54) is 0 Å². The number of phenols is 1. The second kappa shape index (κ2) is 7.10. The molecule has 0 saturated heterocycles. The molecule has 6 heteroatoms. The van der Waals surface area contributed by atoms with Crippen molar-refractivity contribution in [1.29, 1.82) is 0 Å². The number of nitrogens with two attached hydrogens (primary N) is 1. The molecule has 0 aliphatic carbocycles. The van der Waals surface area contributed by atoms with Crippen molar-refractivity contribution in [2.75, 3.05) is 7.05 Å². The molecule has 0 saturated carbocycles. The molecule has 0 radical (unpaired) electrons. The van der Waals surface area contributed by atoms with Crippen molar-refractivity contribution in [3.63, 3.8) is 0 Å². The Kier molecular flexibility index (Phi) is 5.19. The van der Waals surface area contributed by atoms with Crippen LogP contribution in [0.4, 0.5) is 0 Å². The Hall–Kier alpha value is -2.05. The molecule has 1 heterocycles. The van der Waals surface area contributed by atoms with E-state index >= 15 is 0 Å². The number of hydrogen-bond donors (Lipinski definition) is 2. The number of thiophene rings is 1. The zero-order chi connectivity index (χ0) is 15.2. The van der Waals surface area contributed by atoms with Crippen LogP contribution in [0.3, 0.4) is 0 Å². The zero-order valence-corrected chi connectivity index (χ0v) is 12.8. The van der Waals surface area contributed by atoms with E-state index in [0.29, 0.717) is 5.56 Å². The lowest BCUT2D eigenvalue weighted by molar-refractivity contribution is 0.468. The highest BCUT2D eigenvalue weighted by Crippen LogP contribution is 2.32. The average molecular weight is 302 g/mol. The molecule has 1 aromatic heterocycles. The standard InChI is InChI=1S/C15H18N4OS/c1-3-10-7-11(13-5-4-6-21-13)8-12(14(10)20)9-18-15(16)19-17-2/h4-9,15,20H,3,16H2,1-2H3. The fourth-order valence-corrected chi connectivity index (χ4v) is 2.69. The molecule has 3 N–H and O–H groups in total. The van der Waals surface area contributed by atoms with Crippen LogP contribution >= 0.6 is 11.3 Å². The Balaban J connectivity index is 2.42. The summed E-state index contributed by atoms with van der Waals surface area (Å²) >= 11 is 1.66. The van der Waals surface area contributed by atoms with E-state index in [-0.39, 0.29) is 5.75 Å². The first-order valence-electron chi connectivity index (χ1n) is 6.63. The molecule has 0 fully saturated rings. The molecular weight excluding hydrogens is 284 g/mol. The van der Waals surface area contributed by atoms with Crippen molar-refractivity contribution in [2.45, 2.75) is 19.6 Å². The van der Waals surface area contributed by atoms with Crippen LogP contribution in [0, 0.1) is 0 Å². The van der Waals surface area contributed by atoms with Gasteiger partial charge in [0.2, 0.25) is 6.29 Å². The lowest BCUT2D eigenvalue weighted by Gasteiger charge is -2.09. The highest BCUT2D eigenvalue weighted by Gasteiger charge is 2.09. The number of rotatable bonds is 5. The van der Waals surface area contributed by atoms with Gasteiger partial charge < -0.3 is 5.11 Å². The summed E-state index contributed by atoms with van der Waals surface area (Å²) in [5.41, 5.74) is 8.23. The summed E-state index contributed by atoms with van der Waals surface area (Å²) in [7, 11) is 1.54. The maximum Gasteiger partial charge on any atom is 0.210 e. The Morgan fingerprint density at radius 2 is 2.24 bits per heavy atom. The monoisotopic (exact) mass is 302 g/mol. The highest BCUT2D eigenvalue weighted by atomic mass is 32.1. The van der Waals surface area contributed by atoms with Gasteiger partial charge in [0.05, 0.1) is 0 Å². The van der Waals surface area contributed by atoms with Crippen molar-refractivity contribution in [2.24, 2.45) is 21.0 Å². The van der Waals surface area contributed by atoms with E-state index in [1.54, 1.807) is 24.6 Å². The van der Waals surface area contributed by atoms with Gasteiger partial charge in [-0.05, 0) is 41.1 Å². The molecule has 5 nitrogen and oxygen atoms in total. The molecule has 21 heavy (non-hydrogen) atoms. The van der Waals surface area contributed by atoms with Crippen LogP contribution in [-0.4, -0.2) is 24.7 Å². The first kappa shape index (κ1) is 15.3. The molecule has 0 aliphatic heterocycles. The number of nitrogens with zero attached hydrogens (tertiary/aromatic N) is 3. The summed E-state index contributed by atoms with van der Waals surface area (Å²) in [5, 5.41) is 19.6. The summed E-state index contributed by atoms with van der Waals surface area (Å²) in [4.78, 5) is 5.23. The molecule has 0 amide bonds. The lowest BCUT2D eigenvalue weighted by Crippen LogP contribution is -2.13. The fraction of sp³-hybridized carbons (Fsp3) is 0.267. The minimum absolute atomic E-state index is 0.238. The van der Waals surface area contributed by atoms with Crippen LogP contribution in [0.25, 0.3) is 10.4 Å². The minimum atomic E-state index is -0.745. The number of aromatic hydroxyl groups is 1. The van der Waals surface area contributed by atoms with E-state index < -0.39 is 6.29 Å². The molecule has 0 spiro atoms. The lowest BCUT2D eigenvalue weighted by atomic mass is 10.0. The van der Waals surface area contributed by atoms with Crippen LogP contribution in [0.2, 0.25) is 0 Å². The third kappa shape index (κ3) is 3.74. The molecule has 0 aliphatic rings. The molecule has 110 valence electrons. The summed E-state index contributed by atoms with van der Waals surface area (Å²) in [5.74, 6) is 0.238. The van der Waals surface area contributed by atoms with Crippen molar-refractivity contribution in [3.8, 4) is 16.2 Å². The van der Waals surface area contributed by atoms with Crippen LogP contribution in [0.15, 0.2) is 44.9 Å². The predicted molar refractivity (Wildman–Crippen MR) is 87.1 cm³/mol. The molecule has 2 rings (SSSR count). The van der Waals surface area contributed by atoms with Gasteiger partial charge in [0.1, 0.15) is 5.75 Å². The average Bonchev–Trinajstić information content (AvgIpc) is 3.00. The second-order valence-corrected chi connectivity index (χ2v) is 5.36. The van der Waals surface area contributed by atoms with E-state index in [9.17, 15) is 5.11 Å². The minimum Gasteiger partial charge on any atom is -0.507 e. The third-order valence-electron chi connectivity index (χ3n) is 3.01. The van der Waals surface area contributed by atoms with Gasteiger partial charge in [0.25, 0.3) is 0 Å². The van der Waals surface area contributed by atoms with Crippen LogP contribution in [0.5, 0.6) is 5.75 Å². The maximum absolute atomic E-state index is 10.3. The second-order valence-electron chi connectivity index (χ2n) is 4.41. The molecule has 1 unspecified atom stereocenters. The Bertz CT molecular complexity index is 650. The largest absolute Gasteiger partial charge is 0.507 e. The van der Waals surface area contributed by atoms with E-state index in [0.717, 1.165) is 22.4 Å². The summed E-state index contributed by atoms with van der Waals surface area (Å²) in [6.45, 7) is 2.01. The zero-order valence-electron chi connectivity index (χ0n) is 12.0. The Morgan fingerprint density at radius 1 is 1.43 bits per heavy atom. The Labute approximate surface area is 127 Å². The molecule has 1 aromatic carbocycles. The SMILES string of the molecule is CCc1cc(-c2cccs2)cc(C=NC(N)N=NC)c1O. The van der Waals surface area contributed by atoms with Gasteiger partial charge in [-0.25, -0.2) is 4.99 Å². The molecule has 2 aromatic rings. The van der Waals surface area contributed by atoms with Gasteiger partial charge in [-0.15, -0.1) is 11.3 Å². The molecule has 0 bridgehead atoms. The van der Waals surface area contributed by atoms with Crippen LogP contribution in [0.1, 0.15) is 18.1 Å². The highest BCUT2D eigenvalue weighted by molar-refractivity contribution is 7.13. The number of azo groups is 1. The van der Waals surface area contributed by atoms with Gasteiger partial charge in [-0.1, -0.05) is 13.0 Å². The quantitative estimate of drug-likeness (QED) is 0.655. The fourth-order valence-electron chi connectivity index (χ4n) is 1.98. The molecule has 1 atom stereocenters. The van der Waals surface area contributed by atoms with Gasteiger partial charge in [-0.3, -0.25) is 5.73 Å². The smallest absolute Gasteiger partial charge is 0.210 e. The predicted octanol–water partition coefficient (Wildman–Crippen LogP) is 3.43. The van der Waals surface area contributed by atoms with Crippen molar-refractivity contribution in [3.05, 3.63) is 40.8 Å². The first-order chi connectivity index (χ1) is 10.2. The van der Waals surface area contributed by atoms with E-state index in [4.69, 9.17) is 5.73 Å². The third-order valence-corrected chi connectivity index (χ3v) is 3.92. The van der Waals surface area contributed by atoms with Gasteiger partial charge in [0.15, 0.2) is 0 Å². The van der Waals surface area contributed by atoms with Crippen molar-refractivity contribution >= 4 is 17.6 Å². The number of benzene rings is 1. The van der Waals surface area contributed by atoms with E-state index in [1.807, 2.05) is 30.5 Å². The number of aliphatic imine (C=N–C) groups is 1. The number of phenolic OH excluding ortho intramolecular Hbond substituents is 1. The van der Waals surface area contributed by atoms with Crippen molar-refractivity contribution in [1.82, 2.24) is 0 Å². The molecular formula is C15H18N4OS. The topological polar surface area (TPSA) is 83.3 Å². The summed E-state index contributed by atoms with van der Waals surface area (Å²) < 4.78 is 0. The van der Waals surface area contributed by atoms with Crippen molar-refractivity contribution < 1.29 is 5.11 Å². The number of hydrogen-bond acceptors (Lipinski definition) is 6. The van der Waals surface area contributed by atoms with Crippen LogP contribution in [-0.2, 0) is 6.42 Å². The maximum atomic E-state index is 10.3. The normalized spacial score (nSPS) is 13.3. The summed E-state index contributed by atoms with van der Waals surface area (Å²) in [6.07, 6.45) is 1.54. The van der Waals surface area contributed by atoms with Gasteiger partial charge >= 0.3 is 0 Å².